The normalized spacial score (nSPS) is 10.8. The molecule has 0 aliphatic carbocycles. The SMILES string of the molecule is O=C(CSC/C=C/c1ccccc1)NCCc1ccc(F)cc1. The van der Waals surface area contributed by atoms with Crippen LogP contribution in [-0.4, -0.2) is 24.0 Å². The van der Waals surface area contributed by atoms with E-state index < -0.39 is 0 Å². The Hall–Kier alpha value is -2.07. The van der Waals surface area contributed by atoms with Crippen molar-refractivity contribution >= 4 is 23.7 Å². The van der Waals surface area contributed by atoms with Gasteiger partial charge in [-0.1, -0.05) is 54.6 Å². The Morgan fingerprint density at radius 1 is 1.09 bits per heavy atom. The van der Waals surface area contributed by atoms with Crippen molar-refractivity contribution in [3.05, 3.63) is 77.6 Å². The topological polar surface area (TPSA) is 29.1 Å². The Bertz CT molecular complexity index is 626. The molecular formula is C19H20FNOS. The van der Waals surface area contributed by atoms with Crippen LogP contribution in [0.4, 0.5) is 4.39 Å². The molecule has 1 amide bonds. The van der Waals surface area contributed by atoms with Crippen molar-refractivity contribution in [3.8, 4) is 0 Å². The molecule has 4 heteroatoms. The minimum absolute atomic E-state index is 0.0326. The molecule has 2 aromatic carbocycles. The van der Waals surface area contributed by atoms with Crippen LogP contribution in [0.3, 0.4) is 0 Å². The minimum atomic E-state index is -0.238. The van der Waals surface area contributed by atoms with Crippen LogP contribution in [0.15, 0.2) is 60.7 Å². The predicted molar refractivity (Wildman–Crippen MR) is 95.9 cm³/mol. The zero-order valence-electron chi connectivity index (χ0n) is 12.9. The molecule has 120 valence electrons. The van der Waals surface area contributed by atoms with E-state index >= 15 is 0 Å². The lowest BCUT2D eigenvalue weighted by molar-refractivity contribution is -0.118. The van der Waals surface area contributed by atoms with Crippen molar-refractivity contribution in [3.63, 3.8) is 0 Å². The van der Waals surface area contributed by atoms with Crippen molar-refractivity contribution in [2.75, 3.05) is 18.1 Å². The van der Waals surface area contributed by atoms with Gasteiger partial charge in [-0.05, 0) is 29.7 Å². The summed E-state index contributed by atoms with van der Waals surface area (Å²) in [4.78, 5) is 11.7. The molecule has 2 nitrogen and oxygen atoms in total. The largest absolute Gasteiger partial charge is 0.355 e. The first-order valence-corrected chi connectivity index (χ1v) is 8.70. The maximum atomic E-state index is 12.8. The molecule has 0 aliphatic rings. The van der Waals surface area contributed by atoms with Crippen molar-refractivity contribution in [1.82, 2.24) is 5.32 Å². The van der Waals surface area contributed by atoms with Crippen LogP contribution < -0.4 is 5.32 Å². The molecule has 0 aliphatic heterocycles. The molecule has 0 radical (unpaired) electrons. The number of carbonyl (C=O) groups excluding carboxylic acids is 1. The van der Waals surface area contributed by atoms with E-state index in [0.29, 0.717) is 18.7 Å². The summed E-state index contributed by atoms with van der Waals surface area (Å²) in [6, 6.07) is 16.4. The third-order valence-corrected chi connectivity index (χ3v) is 4.10. The lowest BCUT2D eigenvalue weighted by atomic mass is 10.1. The van der Waals surface area contributed by atoms with Crippen LogP contribution in [-0.2, 0) is 11.2 Å². The van der Waals surface area contributed by atoms with Gasteiger partial charge in [0.15, 0.2) is 0 Å². The first kappa shape index (κ1) is 17.3. The summed E-state index contributed by atoms with van der Waals surface area (Å²) in [6.45, 7) is 0.574. The fourth-order valence-corrected chi connectivity index (χ4v) is 2.65. The van der Waals surface area contributed by atoms with E-state index in [1.54, 1.807) is 23.9 Å². The van der Waals surface area contributed by atoms with Crippen molar-refractivity contribution in [2.45, 2.75) is 6.42 Å². The third kappa shape index (κ3) is 7.15. The number of amides is 1. The summed E-state index contributed by atoms with van der Waals surface area (Å²) in [5.41, 5.74) is 2.18. The van der Waals surface area contributed by atoms with Gasteiger partial charge in [0.1, 0.15) is 5.82 Å². The second-order valence-corrected chi connectivity index (χ2v) is 6.08. The third-order valence-electron chi connectivity index (χ3n) is 3.21. The highest BCUT2D eigenvalue weighted by molar-refractivity contribution is 8.00. The molecule has 0 bridgehead atoms. The van der Waals surface area contributed by atoms with Crippen LogP contribution in [0, 0.1) is 5.82 Å². The van der Waals surface area contributed by atoms with E-state index in [-0.39, 0.29) is 11.7 Å². The maximum Gasteiger partial charge on any atom is 0.230 e. The molecule has 0 atom stereocenters. The lowest BCUT2D eigenvalue weighted by Gasteiger charge is -2.04. The number of hydrogen-bond acceptors (Lipinski definition) is 2. The standard InChI is InChI=1S/C19H20FNOS/c20-18-10-8-17(9-11-18)12-13-21-19(22)15-23-14-4-7-16-5-2-1-3-6-16/h1-11H,12-15H2,(H,21,22)/b7-4+. The van der Waals surface area contributed by atoms with E-state index in [2.05, 4.69) is 17.5 Å². The number of rotatable bonds is 8. The fraction of sp³-hybridized carbons (Fsp3) is 0.211. The van der Waals surface area contributed by atoms with Gasteiger partial charge < -0.3 is 5.32 Å². The number of thioether (sulfide) groups is 1. The molecule has 0 aromatic heterocycles. The lowest BCUT2D eigenvalue weighted by Crippen LogP contribution is -2.27. The summed E-state index contributed by atoms with van der Waals surface area (Å²) in [5, 5.41) is 2.88. The molecular weight excluding hydrogens is 309 g/mol. The van der Waals surface area contributed by atoms with Gasteiger partial charge in [-0.15, -0.1) is 11.8 Å². The molecule has 0 saturated heterocycles. The predicted octanol–water partition coefficient (Wildman–Crippen LogP) is 3.93. The first-order valence-electron chi connectivity index (χ1n) is 7.54. The van der Waals surface area contributed by atoms with Crippen LogP contribution in [0.5, 0.6) is 0 Å². The van der Waals surface area contributed by atoms with E-state index in [4.69, 9.17) is 0 Å². The highest BCUT2D eigenvalue weighted by Gasteiger charge is 2.00. The van der Waals surface area contributed by atoms with E-state index in [0.717, 1.165) is 16.9 Å². The van der Waals surface area contributed by atoms with Gasteiger partial charge in [-0.25, -0.2) is 4.39 Å². The number of hydrogen-bond donors (Lipinski definition) is 1. The molecule has 1 N–H and O–H groups in total. The molecule has 0 saturated carbocycles. The maximum absolute atomic E-state index is 12.8. The molecule has 2 rings (SSSR count). The van der Waals surface area contributed by atoms with Gasteiger partial charge in [0.2, 0.25) is 5.91 Å². The van der Waals surface area contributed by atoms with Gasteiger partial charge in [0.05, 0.1) is 5.75 Å². The second-order valence-electron chi connectivity index (χ2n) is 5.05. The average Bonchev–Trinajstić information content (AvgIpc) is 2.57. The Morgan fingerprint density at radius 2 is 1.83 bits per heavy atom. The van der Waals surface area contributed by atoms with Gasteiger partial charge in [0, 0.05) is 12.3 Å². The Morgan fingerprint density at radius 3 is 2.57 bits per heavy atom. The zero-order valence-corrected chi connectivity index (χ0v) is 13.7. The molecule has 0 fully saturated rings. The first-order chi connectivity index (χ1) is 11.2. The number of halogens is 1. The smallest absolute Gasteiger partial charge is 0.230 e. The number of nitrogens with one attached hydrogen (secondary N) is 1. The van der Waals surface area contributed by atoms with Gasteiger partial charge >= 0.3 is 0 Å². The number of benzene rings is 2. The molecule has 2 aromatic rings. The molecule has 0 heterocycles. The van der Waals surface area contributed by atoms with Crippen LogP contribution in [0.2, 0.25) is 0 Å². The fourth-order valence-electron chi connectivity index (χ4n) is 2.02. The molecule has 0 spiro atoms. The molecule has 0 unspecified atom stereocenters. The summed E-state index contributed by atoms with van der Waals surface area (Å²) in [5.74, 6) is 1.05. The molecule has 23 heavy (non-hydrogen) atoms. The highest BCUT2D eigenvalue weighted by atomic mass is 32.2. The summed E-state index contributed by atoms with van der Waals surface area (Å²) >= 11 is 1.58. The van der Waals surface area contributed by atoms with Crippen molar-refractivity contribution in [2.24, 2.45) is 0 Å². The quantitative estimate of drug-likeness (QED) is 0.744. The van der Waals surface area contributed by atoms with Crippen molar-refractivity contribution in [1.29, 1.82) is 0 Å². The van der Waals surface area contributed by atoms with Crippen LogP contribution in [0.1, 0.15) is 11.1 Å². The second kappa shape index (κ2) is 9.85. The van der Waals surface area contributed by atoms with Crippen molar-refractivity contribution < 1.29 is 9.18 Å². The van der Waals surface area contributed by atoms with Gasteiger partial charge in [0.25, 0.3) is 0 Å². The Balaban J connectivity index is 1.56. The van der Waals surface area contributed by atoms with E-state index in [1.165, 1.54) is 12.1 Å². The zero-order chi connectivity index (χ0) is 16.3. The summed E-state index contributed by atoms with van der Waals surface area (Å²) in [7, 11) is 0. The Kier molecular flexibility index (Phi) is 7.40. The van der Waals surface area contributed by atoms with Gasteiger partial charge in [-0.3, -0.25) is 4.79 Å². The Labute approximate surface area is 140 Å². The van der Waals surface area contributed by atoms with Crippen LogP contribution in [0.25, 0.3) is 6.08 Å². The van der Waals surface area contributed by atoms with E-state index in [9.17, 15) is 9.18 Å². The highest BCUT2D eigenvalue weighted by Crippen LogP contribution is 2.05. The van der Waals surface area contributed by atoms with Crippen LogP contribution >= 0.6 is 11.8 Å². The average molecular weight is 329 g/mol. The van der Waals surface area contributed by atoms with E-state index in [1.807, 2.05) is 30.3 Å². The summed E-state index contributed by atoms with van der Waals surface area (Å²) in [6.07, 6.45) is 4.83. The summed E-state index contributed by atoms with van der Waals surface area (Å²) < 4.78 is 12.8. The van der Waals surface area contributed by atoms with Gasteiger partial charge in [-0.2, -0.15) is 0 Å². The number of carbonyl (C=O) groups is 1. The minimum Gasteiger partial charge on any atom is -0.355 e. The monoisotopic (exact) mass is 329 g/mol.